The van der Waals surface area contributed by atoms with Gasteiger partial charge in [0, 0.05) is 13.3 Å². The zero-order valence-corrected chi connectivity index (χ0v) is 7.86. The average Bonchev–Trinajstić information content (AvgIpc) is 2.51. The molecule has 0 unspecified atom stereocenters. The molecule has 0 atom stereocenters. The van der Waals surface area contributed by atoms with Crippen molar-refractivity contribution in [2.75, 3.05) is 13.7 Å². The Morgan fingerprint density at radius 1 is 1.64 bits per heavy atom. The molecule has 5 heteroatoms. The molecule has 0 aromatic carbocycles. The molecule has 0 aliphatic rings. The number of aromatic amines is 1. The zero-order valence-electron chi connectivity index (χ0n) is 7.86. The Balaban J connectivity index is 2.51. The van der Waals surface area contributed by atoms with Gasteiger partial charge in [0.2, 0.25) is 0 Å². The standard InChI is InChI=1S/C9H11N3O2/c1-14-5-4-12-8-2-3-10-6-7(8)11-9(12)13/h2-3,6H,4-5H2,1H3,(H,11,13). The molecule has 0 amide bonds. The van der Waals surface area contributed by atoms with E-state index in [0.717, 1.165) is 11.0 Å². The fourth-order valence-electron chi connectivity index (χ4n) is 1.42. The Morgan fingerprint density at radius 3 is 3.29 bits per heavy atom. The number of H-pyrrole nitrogens is 1. The lowest BCUT2D eigenvalue weighted by molar-refractivity contribution is 0.187. The van der Waals surface area contributed by atoms with Gasteiger partial charge in [-0.2, -0.15) is 0 Å². The lowest BCUT2D eigenvalue weighted by Crippen LogP contribution is -2.18. The van der Waals surface area contributed by atoms with Crippen LogP contribution in [-0.2, 0) is 11.3 Å². The van der Waals surface area contributed by atoms with Crippen LogP contribution in [0.2, 0.25) is 0 Å². The van der Waals surface area contributed by atoms with Gasteiger partial charge in [0.15, 0.2) is 0 Å². The Labute approximate surface area is 80.3 Å². The zero-order chi connectivity index (χ0) is 9.97. The summed E-state index contributed by atoms with van der Waals surface area (Å²) in [7, 11) is 1.61. The molecule has 74 valence electrons. The van der Waals surface area contributed by atoms with Crippen molar-refractivity contribution in [3.05, 3.63) is 28.9 Å². The lowest BCUT2D eigenvalue weighted by atomic mass is 10.4. The van der Waals surface area contributed by atoms with Gasteiger partial charge in [-0.3, -0.25) is 9.55 Å². The highest BCUT2D eigenvalue weighted by atomic mass is 16.5. The number of fused-ring (bicyclic) bond motifs is 1. The van der Waals surface area contributed by atoms with Crippen LogP contribution in [0.25, 0.3) is 11.0 Å². The van der Waals surface area contributed by atoms with Gasteiger partial charge in [-0.1, -0.05) is 0 Å². The minimum absolute atomic E-state index is 0.120. The fourth-order valence-corrected chi connectivity index (χ4v) is 1.42. The van der Waals surface area contributed by atoms with Crippen LogP contribution in [-0.4, -0.2) is 28.3 Å². The smallest absolute Gasteiger partial charge is 0.326 e. The molecular weight excluding hydrogens is 182 g/mol. The van der Waals surface area contributed by atoms with E-state index >= 15 is 0 Å². The summed E-state index contributed by atoms with van der Waals surface area (Å²) < 4.78 is 6.57. The number of ether oxygens (including phenoxy) is 1. The molecule has 0 aliphatic heterocycles. The monoisotopic (exact) mass is 193 g/mol. The number of hydrogen-bond acceptors (Lipinski definition) is 3. The molecule has 2 rings (SSSR count). The third-order valence-electron chi connectivity index (χ3n) is 2.09. The van der Waals surface area contributed by atoms with Gasteiger partial charge in [-0.15, -0.1) is 0 Å². The molecule has 0 saturated heterocycles. The van der Waals surface area contributed by atoms with Gasteiger partial charge in [0.05, 0.1) is 30.4 Å². The number of nitrogens with one attached hydrogen (secondary N) is 1. The second-order valence-electron chi connectivity index (χ2n) is 2.97. The SMILES string of the molecule is COCCn1c(=O)[nH]c2cnccc21. The number of hydrogen-bond donors (Lipinski definition) is 1. The number of rotatable bonds is 3. The van der Waals surface area contributed by atoms with Crippen LogP contribution in [0.5, 0.6) is 0 Å². The molecule has 0 radical (unpaired) electrons. The van der Waals surface area contributed by atoms with Crippen molar-refractivity contribution in [3.63, 3.8) is 0 Å². The quantitative estimate of drug-likeness (QED) is 0.766. The van der Waals surface area contributed by atoms with Crippen LogP contribution in [0.15, 0.2) is 23.3 Å². The molecule has 0 aliphatic carbocycles. The van der Waals surface area contributed by atoms with E-state index in [1.807, 2.05) is 6.07 Å². The first kappa shape index (κ1) is 8.96. The van der Waals surface area contributed by atoms with Crippen LogP contribution in [0.3, 0.4) is 0 Å². The van der Waals surface area contributed by atoms with E-state index in [-0.39, 0.29) is 5.69 Å². The van der Waals surface area contributed by atoms with E-state index in [9.17, 15) is 4.79 Å². The van der Waals surface area contributed by atoms with E-state index in [4.69, 9.17) is 4.74 Å². The summed E-state index contributed by atoms with van der Waals surface area (Å²) in [6, 6.07) is 1.81. The van der Waals surface area contributed by atoms with E-state index in [2.05, 4.69) is 9.97 Å². The number of pyridine rings is 1. The number of nitrogens with zero attached hydrogens (tertiary/aromatic N) is 2. The number of methoxy groups -OCH3 is 1. The predicted octanol–water partition coefficient (Wildman–Crippen LogP) is 0.371. The summed E-state index contributed by atoms with van der Waals surface area (Å²) in [6.45, 7) is 1.08. The Kier molecular flexibility index (Phi) is 2.32. The van der Waals surface area contributed by atoms with Gasteiger partial charge in [-0.25, -0.2) is 4.79 Å². The minimum atomic E-state index is -0.120. The highest BCUT2D eigenvalue weighted by Gasteiger charge is 2.04. The van der Waals surface area contributed by atoms with Crippen LogP contribution < -0.4 is 5.69 Å². The first-order valence-electron chi connectivity index (χ1n) is 4.34. The fraction of sp³-hybridized carbons (Fsp3) is 0.333. The summed E-state index contributed by atoms with van der Waals surface area (Å²) in [4.78, 5) is 18.1. The minimum Gasteiger partial charge on any atom is -0.383 e. The summed E-state index contributed by atoms with van der Waals surface area (Å²) in [5.74, 6) is 0. The number of aromatic nitrogens is 3. The van der Waals surface area contributed by atoms with Crippen LogP contribution in [0.1, 0.15) is 0 Å². The molecule has 0 saturated carbocycles. The lowest BCUT2D eigenvalue weighted by Gasteiger charge is -2.00. The Bertz CT molecular complexity index is 486. The molecule has 0 fully saturated rings. The van der Waals surface area contributed by atoms with Crippen LogP contribution in [0, 0.1) is 0 Å². The molecule has 2 heterocycles. The van der Waals surface area contributed by atoms with Crippen LogP contribution in [0.4, 0.5) is 0 Å². The van der Waals surface area contributed by atoms with Gasteiger partial charge < -0.3 is 9.72 Å². The van der Waals surface area contributed by atoms with Crippen molar-refractivity contribution in [3.8, 4) is 0 Å². The molecule has 14 heavy (non-hydrogen) atoms. The molecule has 5 nitrogen and oxygen atoms in total. The van der Waals surface area contributed by atoms with Crippen LogP contribution >= 0.6 is 0 Å². The van der Waals surface area contributed by atoms with Crippen molar-refractivity contribution in [2.45, 2.75) is 6.54 Å². The topological polar surface area (TPSA) is 59.9 Å². The maximum atomic E-state index is 11.5. The van der Waals surface area contributed by atoms with Gasteiger partial charge >= 0.3 is 5.69 Å². The van der Waals surface area contributed by atoms with Crippen molar-refractivity contribution in [2.24, 2.45) is 0 Å². The summed E-state index contributed by atoms with van der Waals surface area (Å²) in [6.07, 6.45) is 3.30. The summed E-state index contributed by atoms with van der Waals surface area (Å²) >= 11 is 0. The first-order chi connectivity index (χ1) is 6.83. The van der Waals surface area contributed by atoms with Crippen molar-refractivity contribution in [1.29, 1.82) is 0 Å². The number of imidazole rings is 1. The molecule has 1 N–H and O–H groups in total. The van der Waals surface area contributed by atoms with Gasteiger partial charge in [0.25, 0.3) is 0 Å². The highest BCUT2D eigenvalue weighted by Crippen LogP contribution is 2.06. The van der Waals surface area contributed by atoms with E-state index in [0.29, 0.717) is 13.2 Å². The maximum Gasteiger partial charge on any atom is 0.326 e. The third kappa shape index (κ3) is 1.42. The Morgan fingerprint density at radius 2 is 2.50 bits per heavy atom. The first-order valence-corrected chi connectivity index (χ1v) is 4.34. The highest BCUT2D eigenvalue weighted by molar-refractivity contribution is 5.73. The van der Waals surface area contributed by atoms with Gasteiger partial charge in [0.1, 0.15) is 0 Å². The van der Waals surface area contributed by atoms with Crippen molar-refractivity contribution < 1.29 is 4.74 Å². The summed E-state index contributed by atoms with van der Waals surface area (Å²) in [5.41, 5.74) is 1.50. The molecular formula is C9H11N3O2. The average molecular weight is 193 g/mol. The largest absolute Gasteiger partial charge is 0.383 e. The van der Waals surface area contributed by atoms with Crippen molar-refractivity contribution >= 4 is 11.0 Å². The summed E-state index contributed by atoms with van der Waals surface area (Å²) in [5, 5.41) is 0. The predicted molar refractivity (Wildman–Crippen MR) is 52.2 cm³/mol. The second-order valence-corrected chi connectivity index (χ2v) is 2.97. The third-order valence-corrected chi connectivity index (χ3v) is 2.09. The van der Waals surface area contributed by atoms with Gasteiger partial charge in [-0.05, 0) is 6.07 Å². The molecule has 2 aromatic rings. The molecule has 2 aromatic heterocycles. The Hall–Kier alpha value is -1.62. The van der Waals surface area contributed by atoms with E-state index in [1.165, 1.54) is 0 Å². The molecule has 0 spiro atoms. The second kappa shape index (κ2) is 3.63. The van der Waals surface area contributed by atoms with E-state index in [1.54, 1.807) is 24.1 Å². The normalized spacial score (nSPS) is 10.9. The van der Waals surface area contributed by atoms with Crippen molar-refractivity contribution in [1.82, 2.24) is 14.5 Å². The maximum absolute atomic E-state index is 11.5. The van der Waals surface area contributed by atoms with E-state index < -0.39 is 0 Å². The molecule has 0 bridgehead atoms.